The number of ether oxygens (including phenoxy) is 4. The predicted molar refractivity (Wildman–Crippen MR) is 221 cm³/mol. The molecule has 0 unspecified atom stereocenters. The highest BCUT2D eigenvalue weighted by atomic mass is 79.9. The van der Waals surface area contributed by atoms with Crippen molar-refractivity contribution < 1.29 is 51.2 Å². The first-order chi connectivity index (χ1) is 28.8. The summed E-state index contributed by atoms with van der Waals surface area (Å²) in [6.45, 7) is -0.187. The van der Waals surface area contributed by atoms with Crippen molar-refractivity contribution in [2.24, 2.45) is 11.5 Å². The van der Waals surface area contributed by atoms with E-state index in [1.165, 1.54) is 22.7 Å². The standard InChI is InChI=1S/C24H18F2N2O4S.C18H13BrF2N2O3S/c1-31-16-7-5-13(6-8-16)22-23(14-3-2-4-15(29)11-14)33-19(28-22)12-32-18-10-9-17(25)20(21(18)26)24(27)30;1-25-10-4-2-9(3-5-10)16-17(19)27-13(23-16)8-26-12-7-6-11(20)14(15(12)21)18(22)24/h2-11,29H,12H2,1H3,(H2,27,30);2-7H,8H2,1H3,(H2,22,24). The van der Waals surface area contributed by atoms with Crippen molar-refractivity contribution in [3.8, 4) is 61.7 Å². The molecule has 0 atom stereocenters. The van der Waals surface area contributed by atoms with Crippen LogP contribution in [0.25, 0.3) is 33.0 Å². The van der Waals surface area contributed by atoms with E-state index in [1.807, 2.05) is 42.5 Å². The van der Waals surface area contributed by atoms with E-state index in [9.17, 15) is 32.3 Å². The number of carbonyl (C=O) groups is 2. The van der Waals surface area contributed by atoms with Gasteiger partial charge in [-0.25, -0.2) is 27.5 Å². The summed E-state index contributed by atoms with van der Waals surface area (Å²) >= 11 is 6.07. The van der Waals surface area contributed by atoms with Crippen molar-refractivity contribution in [2.75, 3.05) is 14.2 Å². The highest BCUT2D eigenvalue weighted by Crippen LogP contribution is 2.39. The van der Waals surface area contributed by atoms with Crippen molar-refractivity contribution in [1.82, 2.24) is 9.97 Å². The molecule has 0 saturated heterocycles. The Kier molecular flexibility index (Phi) is 13.7. The fourth-order valence-corrected chi connectivity index (χ4v) is 8.16. The van der Waals surface area contributed by atoms with Crippen LogP contribution in [0, 0.1) is 23.3 Å². The van der Waals surface area contributed by atoms with E-state index in [4.69, 9.17) is 30.4 Å². The lowest BCUT2D eigenvalue weighted by atomic mass is 10.1. The topological polar surface area (TPSA) is 169 Å². The Morgan fingerprint density at radius 2 is 1.12 bits per heavy atom. The molecule has 7 aromatic rings. The molecule has 2 amide bonds. The van der Waals surface area contributed by atoms with Crippen LogP contribution in [-0.2, 0) is 13.2 Å². The molecule has 0 aliphatic heterocycles. The zero-order valence-electron chi connectivity index (χ0n) is 31.3. The summed E-state index contributed by atoms with van der Waals surface area (Å²) in [6, 6.07) is 25.4. The summed E-state index contributed by atoms with van der Waals surface area (Å²) in [5, 5.41) is 11.0. The molecule has 2 heterocycles. The largest absolute Gasteiger partial charge is 0.508 e. The van der Waals surface area contributed by atoms with Crippen LogP contribution in [0.1, 0.15) is 30.7 Å². The average Bonchev–Trinajstić information content (AvgIpc) is 3.83. The monoisotopic (exact) mass is 922 g/mol. The van der Waals surface area contributed by atoms with Crippen molar-refractivity contribution in [2.45, 2.75) is 13.2 Å². The highest BCUT2D eigenvalue weighted by Gasteiger charge is 2.22. The summed E-state index contributed by atoms with van der Waals surface area (Å²) in [7, 11) is 3.16. The molecular weight excluding hydrogens is 893 g/mol. The number of primary amides is 2. The molecule has 0 saturated carbocycles. The van der Waals surface area contributed by atoms with Gasteiger partial charge in [0.1, 0.15) is 63.2 Å². The fourth-order valence-electron chi connectivity index (χ4n) is 5.57. The van der Waals surface area contributed by atoms with E-state index in [0.717, 1.165) is 55.4 Å². The maximum Gasteiger partial charge on any atom is 0.254 e. The number of hydrogen-bond donors (Lipinski definition) is 3. The zero-order valence-corrected chi connectivity index (χ0v) is 34.5. The number of amides is 2. The molecule has 0 fully saturated rings. The molecule has 5 N–H and O–H groups in total. The number of benzene rings is 5. The minimum absolute atomic E-state index is 0.0554. The molecule has 0 spiro atoms. The van der Waals surface area contributed by atoms with E-state index < -0.39 is 46.2 Å². The van der Waals surface area contributed by atoms with Crippen molar-refractivity contribution in [1.29, 1.82) is 0 Å². The second-order valence-electron chi connectivity index (χ2n) is 12.3. The summed E-state index contributed by atoms with van der Waals surface area (Å²) < 4.78 is 77.9. The lowest BCUT2D eigenvalue weighted by Crippen LogP contribution is -2.16. The lowest BCUT2D eigenvalue weighted by Gasteiger charge is -2.08. The van der Waals surface area contributed by atoms with Crippen molar-refractivity contribution in [3.63, 3.8) is 0 Å². The van der Waals surface area contributed by atoms with E-state index in [2.05, 4.69) is 25.9 Å². The highest BCUT2D eigenvalue weighted by molar-refractivity contribution is 9.11. The average molecular weight is 924 g/mol. The number of halogens is 5. The molecule has 11 nitrogen and oxygen atoms in total. The van der Waals surface area contributed by atoms with Crippen LogP contribution in [0.2, 0.25) is 0 Å². The Hall–Kier alpha value is -6.50. The van der Waals surface area contributed by atoms with E-state index in [1.54, 1.807) is 44.6 Å². The maximum absolute atomic E-state index is 14.5. The first-order valence-electron chi connectivity index (χ1n) is 17.3. The molecular formula is C42H31BrF4N4O7S2. The minimum atomic E-state index is -1.22. The van der Waals surface area contributed by atoms with Crippen LogP contribution in [0.15, 0.2) is 101 Å². The van der Waals surface area contributed by atoms with Crippen LogP contribution in [0.3, 0.4) is 0 Å². The smallest absolute Gasteiger partial charge is 0.254 e. The molecule has 0 radical (unpaired) electrons. The molecule has 0 bridgehead atoms. The van der Waals surface area contributed by atoms with Crippen molar-refractivity contribution >= 4 is 50.4 Å². The maximum atomic E-state index is 14.5. The van der Waals surface area contributed by atoms with Gasteiger partial charge < -0.3 is 35.5 Å². The van der Waals surface area contributed by atoms with Gasteiger partial charge in [0.15, 0.2) is 23.1 Å². The van der Waals surface area contributed by atoms with Gasteiger partial charge in [-0.15, -0.1) is 22.7 Å². The third-order valence-electron chi connectivity index (χ3n) is 8.44. The summed E-state index contributed by atoms with van der Waals surface area (Å²) in [5.74, 6) is -5.89. The third kappa shape index (κ3) is 9.85. The van der Waals surface area contributed by atoms with E-state index in [-0.39, 0.29) is 30.5 Å². The Labute approximate surface area is 355 Å². The molecule has 0 aliphatic carbocycles. The van der Waals surface area contributed by atoms with Crippen LogP contribution in [0.4, 0.5) is 17.6 Å². The van der Waals surface area contributed by atoms with Gasteiger partial charge in [-0.2, -0.15) is 0 Å². The number of phenols is 1. The number of carbonyl (C=O) groups excluding carboxylic acids is 2. The number of hydrogen-bond acceptors (Lipinski definition) is 11. The third-order valence-corrected chi connectivity index (χ3v) is 11.2. The number of nitrogens with zero attached hydrogens (tertiary/aromatic N) is 2. The molecule has 7 rings (SSSR count). The second-order valence-corrected chi connectivity index (χ2v) is 15.8. The van der Waals surface area contributed by atoms with Crippen LogP contribution in [-0.4, -0.2) is 41.1 Å². The first kappa shape index (κ1) is 43.1. The van der Waals surface area contributed by atoms with E-state index in [0.29, 0.717) is 27.2 Å². The SMILES string of the molecule is COc1ccc(-c2nc(COc3ccc(F)c(C(N)=O)c3F)sc2-c2cccc(O)c2)cc1.COc1ccc(-c2nc(COc3ccc(F)c(C(N)=O)c3F)sc2Br)cc1. The summed E-state index contributed by atoms with van der Waals surface area (Å²) in [5.41, 5.74) is 12.1. The number of nitrogens with two attached hydrogens (primary N) is 2. The Morgan fingerprint density at radius 3 is 1.58 bits per heavy atom. The van der Waals surface area contributed by atoms with Gasteiger partial charge in [0.2, 0.25) is 0 Å². The van der Waals surface area contributed by atoms with Crippen LogP contribution < -0.4 is 30.4 Å². The van der Waals surface area contributed by atoms with Gasteiger partial charge in [0.25, 0.3) is 11.8 Å². The Bertz CT molecular complexity index is 2680. The molecule has 308 valence electrons. The number of rotatable bonds is 13. The zero-order chi connectivity index (χ0) is 43.1. The minimum Gasteiger partial charge on any atom is -0.508 e. The number of thiazole rings is 2. The summed E-state index contributed by atoms with van der Waals surface area (Å²) in [4.78, 5) is 32.4. The molecule has 0 aliphatic rings. The second kappa shape index (κ2) is 19.0. The predicted octanol–water partition coefficient (Wildman–Crippen LogP) is 9.68. The number of aromatic hydroxyl groups is 1. The van der Waals surface area contributed by atoms with Gasteiger partial charge in [-0.05, 0) is 106 Å². The Morgan fingerprint density at radius 1 is 0.650 bits per heavy atom. The first-order valence-corrected chi connectivity index (χ1v) is 19.7. The number of methoxy groups -OCH3 is 2. The molecule has 5 aromatic carbocycles. The van der Waals surface area contributed by atoms with Gasteiger partial charge in [0.05, 0.1) is 34.3 Å². The van der Waals surface area contributed by atoms with E-state index >= 15 is 0 Å². The van der Waals surface area contributed by atoms with Gasteiger partial charge in [-0.3, -0.25) is 9.59 Å². The van der Waals surface area contributed by atoms with Gasteiger partial charge in [-0.1, -0.05) is 12.1 Å². The van der Waals surface area contributed by atoms with Crippen LogP contribution >= 0.6 is 38.6 Å². The van der Waals surface area contributed by atoms with Crippen LogP contribution in [0.5, 0.6) is 28.7 Å². The molecule has 60 heavy (non-hydrogen) atoms. The number of aromatic nitrogens is 2. The lowest BCUT2D eigenvalue weighted by molar-refractivity contribution is 0.0982. The Balaban J connectivity index is 0.000000205. The molecule has 18 heteroatoms. The summed E-state index contributed by atoms with van der Waals surface area (Å²) in [6.07, 6.45) is 0. The van der Waals surface area contributed by atoms with Gasteiger partial charge >= 0.3 is 0 Å². The quantitative estimate of drug-likeness (QED) is 0.0954. The van der Waals surface area contributed by atoms with Crippen molar-refractivity contribution in [3.05, 3.63) is 145 Å². The molecule has 2 aromatic heterocycles. The normalized spacial score (nSPS) is 10.7. The van der Waals surface area contributed by atoms with Gasteiger partial charge in [0, 0.05) is 11.1 Å². The number of phenolic OH excluding ortho intramolecular Hbond substituents is 1. The fraction of sp³-hybridized carbons (Fsp3) is 0.0952.